The molecule has 1 aliphatic rings. The summed E-state index contributed by atoms with van der Waals surface area (Å²) in [5.41, 5.74) is 0. The number of urea groups is 1. The Morgan fingerprint density at radius 2 is 2.10 bits per heavy atom. The van der Waals surface area contributed by atoms with Gasteiger partial charge in [0.05, 0.1) is 6.10 Å². The Balaban J connectivity index is 2.30. The molecule has 0 aromatic carbocycles. The lowest BCUT2D eigenvalue weighted by Gasteiger charge is -2.32. The number of rotatable bonds is 6. The minimum absolute atomic E-state index is 0.00198. The molecule has 114 valence electrons. The molecule has 1 aliphatic heterocycles. The Bertz CT molecular complexity index is 358. The number of nitrogens with one attached hydrogen (secondary N) is 1. The van der Waals surface area contributed by atoms with Crippen LogP contribution in [-0.4, -0.2) is 66.9 Å². The van der Waals surface area contributed by atoms with E-state index in [1.54, 1.807) is 0 Å². The predicted molar refractivity (Wildman–Crippen MR) is 68.2 cm³/mol. The first-order valence-electron chi connectivity index (χ1n) is 6.52. The lowest BCUT2D eigenvalue weighted by molar-refractivity contribution is -0.143. The fourth-order valence-electron chi connectivity index (χ4n) is 1.96. The molecule has 0 aromatic rings. The first-order valence-corrected chi connectivity index (χ1v) is 6.52. The second-order valence-corrected chi connectivity index (χ2v) is 4.41. The zero-order valence-corrected chi connectivity index (χ0v) is 11.5. The molecule has 1 saturated heterocycles. The third-order valence-corrected chi connectivity index (χ3v) is 2.77. The van der Waals surface area contributed by atoms with Gasteiger partial charge < -0.3 is 19.5 Å². The summed E-state index contributed by atoms with van der Waals surface area (Å²) in [6.45, 7) is 2.46. The number of nitrogens with zero attached hydrogens (tertiary/aromatic N) is 1. The van der Waals surface area contributed by atoms with E-state index in [2.05, 4.69) is 10.1 Å². The van der Waals surface area contributed by atoms with Crippen LogP contribution in [0.1, 0.15) is 19.8 Å². The number of hydrogen-bond acceptors (Lipinski definition) is 5. The third-order valence-electron chi connectivity index (χ3n) is 2.77. The minimum Gasteiger partial charge on any atom is -0.480 e. The lowest BCUT2D eigenvalue weighted by atomic mass is 10.1. The van der Waals surface area contributed by atoms with Crippen LogP contribution in [0, 0.1) is 0 Å². The van der Waals surface area contributed by atoms with Gasteiger partial charge in [-0.25, -0.2) is 9.59 Å². The highest BCUT2D eigenvalue weighted by Gasteiger charge is 2.24. The van der Waals surface area contributed by atoms with Crippen LogP contribution in [0.4, 0.5) is 4.79 Å². The summed E-state index contributed by atoms with van der Waals surface area (Å²) in [6, 6.07) is -0.502. The smallest absolute Gasteiger partial charge is 0.329 e. The molecule has 8 heteroatoms. The van der Waals surface area contributed by atoms with Crippen molar-refractivity contribution in [2.75, 3.05) is 32.9 Å². The molecule has 1 rings (SSSR count). The summed E-state index contributed by atoms with van der Waals surface area (Å²) in [6.07, 6.45) is 1.72. The van der Waals surface area contributed by atoms with Gasteiger partial charge >= 0.3 is 12.0 Å². The van der Waals surface area contributed by atoms with Gasteiger partial charge in [0, 0.05) is 19.7 Å². The van der Waals surface area contributed by atoms with Crippen LogP contribution in [0.3, 0.4) is 0 Å². The fourth-order valence-corrected chi connectivity index (χ4v) is 1.96. The average molecular weight is 288 g/mol. The number of carboxylic acid groups (broad SMARTS) is 1. The van der Waals surface area contributed by atoms with Gasteiger partial charge in [-0.15, -0.1) is 0 Å². The molecule has 2 N–H and O–H groups in total. The molecular weight excluding hydrogens is 268 g/mol. The molecule has 0 bridgehead atoms. The molecule has 0 spiro atoms. The Morgan fingerprint density at radius 1 is 1.35 bits per heavy atom. The highest BCUT2D eigenvalue weighted by molar-refractivity contribution is 5.95. The van der Waals surface area contributed by atoms with Crippen LogP contribution in [0.2, 0.25) is 0 Å². The number of imide groups is 1. The number of amides is 3. The van der Waals surface area contributed by atoms with Crippen molar-refractivity contribution < 1.29 is 29.0 Å². The van der Waals surface area contributed by atoms with E-state index in [1.807, 2.05) is 6.92 Å². The second kappa shape index (κ2) is 8.49. The van der Waals surface area contributed by atoms with Crippen LogP contribution in [0.15, 0.2) is 0 Å². The van der Waals surface area contributed by atoms with Gasteiger partial charge in [0.2, 0.25) is 0 Å². The molecule has 1 unspecified atom stereocenters. The first-order chi connectivity index (χ1) is 9.52. The van der Waals surface area contributed by atoms with E-state index < -0.39 is 31.1 Å². The van der Waals surface area contributed by atoms with Crippen molar-refractivity contribution in [3.63, 3.8) is 0 Å². The minimum atomic E-state index is -1.17. The summed E-state index contributed by atoms with van der Waals surface area (Å²) in [7, 11) is 0. The van der Waals surface area contributed by atoms with E-state index in [1.165, 1.54) is 4.90 Å². The highest BCUT2D eigenvalue weighted by atomic mass is 16.5. The summed E-state index contributed by atoms with van der Waals surface area (Å²) < 4.78 is 10.1. The Kier molecular flexibility index (Phi) is 6.96. The predicted octanol–water partition coefficient (Wildman–Crippen LogP) is -0.175. The van der Waals surface area contributed by atoms with Crippen LogP contribution in [-0.2, 0) is 19.1 Å². The largest absolute Gasteiger partial charge is 0.480 e. The van der Waals surface area contributed by atoms with E-state index in [9.17, 15) is 14.4 Å². The standard InChI is InChI=1S/C12H20N2O6/c1-2-20-9-4-3-5-14(6-9)12(18)13-10(15)7-19-8-11(16)17/h9H,2-8H2,1H3,(H,16,17)(H,13,15,18). The van der Waals surface area contributed by atoms with Gasteiger partial charge in [-0.2, -0.15) is 0 Å². The maximum atomic E-state index is 11.8. The number of carbonyl (C=O) groups is 3. The maximum absolute atomic E-state index is 11.8. The number of ether oxygens (including phenoxy) is 2. The zero-order valence-electron chi connectivity index (χ0n) is 11.5. The van der Waals surface area contributed by atoms with Gasteiger partial charge in [0.15, 0.2) is 0 Å². The van der Waals surface area contributed by atoms with E-state index in [4.69, 9.17) is 9.84 Å². The van der Waals surface area contributed by atoms with Gasteiger partial charge in [0.25, 0.3) is 5.91 Å². The van der Waals surface area contributed by atoms with Crippen molar-refractivity contribution in [1.82, 2.24) is 10.2 Å². The van der Waals surface area contributed by atoms with Gasteiger partial charge in [-0.05, 0) is 19.8 Å². The van der Waals surface area contributed by atoms with Gasteiger partial charge in [-0.3, -0.25) is 10.1 Å². The van der Waals surface area contributed by atoms with Crippen molar-refractivity contribution in [3.8, 4) is 0 Å². The van der Waals surface area contributed by atoms with Crippen molar-refractivity contribution in [2.24, 2.45) is 0 Å². The summed E-state index contributed by atoms with van der Waals surface area (Å²) in [5.74, 6) is -1.82. The van der Waals surface area contributed by atoms with Crippen molar-refractivity contribution >= 4 is 17.9 Å². The molecule has 8 nitrogen and oxygen atoms in total. The summed E-state index contributed by atoms with van der Waals surface area (Å²) in [4.78, 5) is 34.9. The Hall–Kier alpha value is -1.67. The molecule has 20 heavy (non-hydrogen) atoms. The first kappa shape index (κ1) is 16.4. The van der Waals surface area contributed by atoms with Crippen molar-refractivity contribution in [1.29, 1.82) is 0 Å². The molecular formula is C12H20N2O6. The topological polar surface area (TPSA) is 105 Å². The van der Waals surface area contributed by atoms with Crippen LogP contribution in [0.5, 0.6) is 0 Å². The summed E-state index contributed by atoms with van der Waals surface area (Å²) >= 11 is 0. The van der Waals surface area contributed by atoms with E-state index in [0.717, 1.165) is 12.8 Å². The Labute approximate surface area is 117 Å². The number of carbonyl (C=O) groups excluding carboxylic acids is 2. The third kappa shape index (κ3) is 5.98. The quantitative estimate of drug-likeness (QED) is 0.702. The zero-order chi connectivity index (χ0) is 15.0. The van der Waals surface area contributed by atoms with E-state index >= 15 is 0 Å². The molecule has 1 fully saturated rings. The maximum Gasteiger partial charge on any atom is 0.329 e. The van der Waals surface area contributed by atoms with Crippen LogP contribution in [0.25, 0.3) is 0 Å². The van der Waals surface area contributed by atoms with Crippen LogP contribution >= 0.6 is 0 Å². The molecule has 1 atom stereocenters. The number of carboxylic acids is 1. The summed E-state index contributed by atoms with van der Waals surface area (Å²) in [5, 5.41) is 10.5. The average Bonchev–Trinajstić information content (AvgIpc) is 2.39. The fraction of sp³-hybridized carbons (Fsp3) is 0.750. The SMILES string of the molecule is CCOC1CCCN(C(=O)NC(=O)COCC(=O)O)C1. The molecule has 0 aliphatic carbocycles. The van der Waals surface area contributed by atoms with Gasteiger partial charge in [-0.1, -0.05) is 0 Å². The number of likely N-dealkylation sites (tertiary alicyclic amines) is 1. The van der Waals surface area contributed by atoms with E-state index in [-0.39, 0.29) is 6.10 Å². The molecule has 3 amide bonds. The molecule has 0 aromatic heterocycles. The van der Waals surface area contributed by atoms with Crippen molar-refractivity contribution in [3.05, 3.63) is 0 Å². The number of hydrogen-bond donors (Lipinski definition) is 2. The highest BCUT2D eigenvalue weighted by Crippen LogP contribution is 2.13. The molecule has 0 radical (unpaired) electrons. The second-order valence-electron chi connectivity index (χ2n) is 4.41. The normalized spacial score (nSPS) is 18.6. The molecule has 1 heterocycles. The van der Waals surface area contributed by atoms with Crippen LogP contribution < -0.4 is 5.32 Å². The monoisotopic (exact) mass is 288 g/mol. The molecule has 0 saturated carbocycles. The number of piperidine rings is 1. The van der Waals surface area contributed by atoms with Gasteiger partial charge in [0.1, 0.15) is 13.2 Å². The lowest BCUT2D eigenvalue weighted by Crippen LogP contribution is -2.50. The Morgan fingerprint density at radius 3 is 2.75 bits per heavy atom. The number of aliphatic carboxylic acids is 1. The van der Waals surface area contributed by atoms with Crippen molar-refractivity contribution in [2.45, 2.75) is 25.9 Å². The van der Waals surface area contributed by atoms with E-state index in [0.29, 0.717) is 19.7 Å².